The molecule has 102 valence electrons. The lowest BCUT2D eigenvalue weighted by Crippen LogP contribution is -2.15. The van der Waals surface area contributed by atoms with Crippen LogP contribution in [-0.2, 0) is 28.6 Å². The lowest BCUT2D eigenvalue weighted by Gasteiger charge is -2.06. The van der Waals surface area contributed by atoms with Gasteiger partial charge in [-0.15, -0.1) is 0 Å². The summed E-state index contributed by atoms with van der Waals surface area (Å²) in [6.07, 6.45) is 0.643. The summed E-state index contributed by atoms with van der Waals surface area (Å²) >= 11 is 0. The van der Waals surface area contributed by atoms with E-state index in [2.05, 4.69) is 4.74 Å². The fraction of sp³-hybridized carbons (Fsp3) is 0.583. The Morgan fingerprint density at radius 1 is 0.889 bits per heavy atom. The fourth-order valence-electron chi connectivity index (χ4n) is 1.10. The molecule has 0 rings (SSSR count). The lowest BCUT2D eigenvalue weighted by atomic mass is 10.2. The average Bonchev–Trinajstić information content (AvgIpc) is 2.29. The standard InChI is InChI=1S/C12H18O6/c1-4-16-10(13)7-9(12(15)18-6-3)8-11(14)17-5-2/h7H,4-6,8H2,1-3H3. The first-order valence-electron chi connectivity index (χ1n) is 5.75. The van der Waals surface area contributed by atoms with E-state index in [0.29, 0.717) is 0 Å². The number of hydrogen-bond donors (Lipinski definition) is 0. The number of esters is 3. The predicted octanol–water partition coefficient (Wildman–Crippen LogP) is 0.992. The predicted molar refractivity (Wildman–Crippen MR) is 62.6 cm³/mol. The molecule has 0 N–H and O–H groups in total. The van der Waals surface area contributed by atoms with Gasteiger partial charge in [0, 0.05) is 6.08 Å². The maximum atomic E-state index is 11.5. The third-order valence-corrected chi connectivity index (χ3v) is 1.76. The number of rotatable bonds is 7. The second-order valence-electron chi connectivity index (χ2n) is 3.12. The van der Waals surface area contributed by atoms with Crippen molar-refractivity contribution in [2.24, 2.45) is 0 Å². The number of hydrogen-bond acceptors (Lipinski definition) is 6. The van der Waals surface area contributed by atoms with Crippen LogP contribution >= 0.6 is 0 Å². The molecule has 0 aliphatic heterocycles. The zero-order valence-corrected chi connectivity index (χ0v) is 10.9. The summed E-state index contributed by atoms with van der Waals surface area (Å²) < 4.78 is 14.1. The van der Waals surface area contributed by atoms with Crippen LogP contribution in [-0.4, -0.2) is 37.7 Å². The van der Waals surface area contributed by atoms with Crippen molar-refractivity contribution in [3.05, 3.63) is 11.6 Å². The van der Waals surface area contributed by atoms with E-state index >= 15 is 0 Å². The smallest absolute Gasteiger partial charge is 0.334 e. The average molecular weight is 258 g/mol. The first-order chi connectivity index (χ1) is 8.54. The highest BCUT2D eigenvalue weighted by atomic mass is 16.5. The molecule has 0 aliphatic carbocycles. The van der Waals surface area contributed by atoms with Gasteiger partial charge in [0.2, 0.25) is 0 Å². The minimum absolute atomic E-state index is 0.0752. The van der Waals surface area contributed by atoms with E-state index < -0.39 is 17.9 Å². The Morgan fingerprint density at radius 2 is 1.44 bits per heavy atom. The monoisotopic (exact) mass is 258 g/mol. The highest BCUT2D eigenvalue weighted by molar-refractivity contribution is 5.99. The van der Waals surface area contributed by atoms with Gasteiger partial charge in [-0.2, -0.15) is 0 Å². The molecule has 18 heavy (non-hydrogen) atoms. The quantitative estimate of drug-likeness (QED) is 0.385. The van der Waals surface area contributed by atoms with Crippen LogP contribution in [0.2, 0.25) is 0 Å². The van der Waals surface area contributed by atoms with Crippen molar-refractivity contribution in [1.29, 1.82) is 0 Å². The molecule has 0 saturated carbocycles. The van der Waals surface area contributed by atoms with Crippen LogP contribution in [0.5, 0.6) is 0 Å². The number of carbonyl (C=O) groups is 3. The van der Waals surface area contributed by atoms with E-state index in [1.165, 1.54) is 0 Å². The molecule has 0 amide bonds. The molecule has 0 aromatic heterocycles. The largest absolute Gasteiger partial charge is 0.466 e. The Bertz CT molecular complexity index is 331. The van der Waals surface area contributed by atoms with Gasteiger partial charge in [-0.1, -0.05) is 0 Å². The third kappa shape index (κ3) is 6.67. The minimum atomic E-state index is -0.724. The molecule has 0 radical (unpaired) electrons. The van der Waals surface area contributed by atoms with Crippen molar-refractivity contribution >= 4 is 17.9 Å². The Balaban J connectivity index is 4.76. The number of ether oxygens (including phenoxy) is 3. The van der Waals surface area contributed by atoms with Gasteiger partial charge < -0.3 is 14.2 Å². The van der Waals surface area contributed by atoms with E-state index in [1.807, 2.05) is 0 Å². The normalized spacial score (nSPS) is 10.7. The van der Waals surface area contributed by atoms with Crippen LogP contribution in [0.3, 0.4) is 0 Å². The molecule has 0 spiro atoms. The van der Waals surface area contributed by atoms with Gasteiger partial charge in [0.15, 0.2) is 0 Å². The molecular formula is C12H18O6. The van der Waals surface area contributed by atoms with Crippen molar-refractivity contribution < 1.29 is 28.6 Å². The van der Waals surface area contributed by atoms with Gasteiger partial charge in [0.25, 0.3) is 0 Å². The lowest BCUT2D eigenvalue weighted by molar-refractivity contribution is -0.146. The summed E-state index contributed by atoms with van der Waals surface area (Å²) in [6.45, 7) is 5.46. The van der Waals surface area contributed by atoms with Crippen molar-refractivity contribution in [3.8, 4) is 0 Å². The van der Waals surface area contributed by atoms with Gasteiger partial charge in [-0.25, -0.2) is 9.59 Å². The topological polar surface area (TPSA) is 78.9 Å². The van der Waals surface area contributed by atoms with Gasteiger partial charge in [-0.05, 0) is 20.8 Å². The second kappa shape index (κ2) is 9.21. The molecule has 0 saturated heterocycles. The molecule has 0 aromatic rings. The molecule has 0 aliphatic rings. The van der Waals surface area contributed by atoms with E-state index in [1.54, 1.807) is 20.8 Å². The van der Waals surface area contributed by atoms with Crippen LogP contribution < -0.4 is 0 Å². The molecule has 0 fully saturated rings. The van der Waals surface area contributed by atoms with Crippen molar-refractivity contribution in [1.82, 2.24) is 0 Å². The number of carbonyl (C=O) groups excluding carboxylic acids is 3. The van der Waals surface area contributed by atoms with E-state index in [9.17, 15) is 14.4 Å². The highest BCUT2D eigenvalue weighted by Gasteiger charge is 2.17. The highest BCUT2D eigenvalue weighted by Crippen LogP contribution is 2.07. The fourth-order valence-corrected chi connectivity index (χ4v) is 1.10. The maximum absolute atomic E-state index is 11.5. The minimum Gasteiger partial charge on any atom is -0.466 e. The van der Waals surface area contributed by atoms with Crippen molar-refractivity contribution in [2.45, 2.75) is 27.2 Å². The van der Waals surface area contributed by atoms with Crippen LogP contribution in [0, 0.1) is 0 Å². The van der Waals surface area contributed by atoms with Gasteiger partial charge in [0.1, 0.15) is 0 Å². The van der Waals surface area contributed by atoms with Crippen molar-refractivity contribution in [2.75, 3.05) is 19.8 Å². The Morgan fingerprint density at radius 3 is 1.94 bits per heavy atom. The Hall–Kier alpha value is -1.85. The maximum Gasteiger partial charge on any atom is 0.334 e. The summed E-state index contributed by atoms with van der Waals surface area (Å²) in [7, 11) is 0. The third-order valence-electron chi connectivity index (χ3n) is 1.76. The Kier molecular flexibility index (Phi) is 8.26. The van der Waals surface area contributed by atoms with E-state index in [0.717, 1.165) is 6.08 Å². The molecule has 0 unspecified atom stereocenters. The SMILES string of the molecule is CCOC(=O)C=C(CC(=O)OCC)C(=O)OCC. The molecule has 0 heterocycles. The van der Waals surface area contributed by atoms with Crippen molar-refractivity contribution in [3.63, 3.8) is 0 Å². The summed E-state index contributed by atoms with van der Waals surface area (Å²) in [5.41, 5.74) is -0.0752. The van der Waals surface area contributed by atoms with E-state index in [4.69, 9.17) is 9.47 Å². The molecule has 0 bridgehead atoms. The first-order valence-corrected chi connectivity index (χ1v) is 5.75. The second-order valence-corrected chi connectivity index (χ2v) is 3.12. The van der Waals surface area contributed by atoms with E-state index in [-0.39, 0.29) is 31.8 Å². The zero-order chi connectivity index (χ0) is 14.0. The Labute approximate surface area is 106 Å². The van der Waals surface area contributed by atoms with Gasteiger partial charge in [0.05, 0.1) is 31.8 Å². The summed E-state index contributed by atoms with van der Waals surface area (Å²) in [6, 6.07) is 0. The summed E-state index contributed by atoms with van der Waals surface area (Å²) in [4.78, 5) is 34.0. The molecule has 6 heteroatoms. The molecular weight excluding hydrogens is 240 g/mol. The van der Waals surface area contributed by atoms with Crippen LogP contribution in [0.1, 0.15) is 27.2 Å². The van der Waals surface area contributed by atoms with Crippen LogP contribution in [0.4, 0.5) is 0 Å². The zero-order valence-electron chi connectivity index (χ0n) is 10.9. The first kappa shape index (κ1) is 16.1. The summed E-state index contributed by atoms with van der Waals surface area (Å²) in [5.74, 6) is -2.01. The molecule has 0 aromatic carbocycles. The molecule has 6 nitrogen and oxygen atoms in total. The molecule has 0 atom stereocenters. The van der Waals surface area contributed by atoms with Gasteiger partial charge >= 0.3 is 17.9 Å². The van der Waals surface area contributed by atoms with Crippen LogP contribution in [0.25, 0.3) is 0 Å². The summed E-state index contributed by atoms with van der Waals surface area (Å²) in [5, 5.41) is 0. The van der Waals surface area contributed by atoms with Crippen LogP contribution in [0.15, 0.2) is 11.6 Å². The van der Waals surface area contributed by atoms with Gasteiger partial charge in [-0.3, -0.25) is 4.79 Å².